The number of hydrogen-bond acceptors (Lipinski definition) is 2. The summed E-state index contributed by atoms with van der Waals surface area (Å²) in [5.41, 5.74) is 3.50. The van der Waals surface area contributed by atoms with Crippen molar-refractivity contribution in [2.24, 2.45) is 0 Å². The molecule has 0 saturated carbocycles. The van der Waals surface area contributed by atoms with Crippen molar-refractivity contribution < 1.29 is 0 Å². The Labute approximate surface area is 106 Å². The SMILES string of the molecule is Cc1cc2cncnc2n1C(C)c1ccccc1. The minimum Gasteiger partial charge on any atom is -0.323 e. The highest BCUT2D eigenvalue weighted by Crippen LogP contribution is 2.25. The van der Waals surface area contributed by atoms with Crippen molar-refractivity contribution in [2.45, 2.75) is 19.9 Å². The summed E-state index contributed by atoms with van der Waals surface area (Å²) in [5, 5.41) is 1.10. The van der Waals surface area contributed by atoms with E-state index in [1.54, 1.807) is 6.33 Å². The fourth-order valence-corrected chi connectivity index (χ4v) is 2.47. The molecule has 0 saturated heterocycles. The Kier molecular flexibility index (Phi) is 2.59. The molecule has 0 aliphatic heterocycles. The van der Waals surface area contributed by atoms with Crippen LogP contribution >= 0.6 is 0 Å². The molecule has 0 aliphatic carbocycles. The van der Waals surface area contributed by atoms with Gasteiger partial charge in [-0.05, 0) is 25.5 Å². The molecule has 2 aromatic heterocycles. The molecule has 1 aromatic carbocycles. The van der Waals surface area contributed by atoms with Crippen LogP contribution in [-0.4, -0.2) is 14.5 Å². The molecule has 3 rings (SSSR count). The summed E-state index contributed by atoms with van der Waals surface area (Å²) in [4.78, 5) is 8.48. The van der Waals surface area contributed by atoms with Gasteiger partial charge in [0.25, 0.3) is 0 Å². The number of benzene rings is 1. The zero-order chi connectivity index (χ0) is 12.5. The molecule has 0 bridgehead atoms. The van der Waals surface area contributed by atoms with Gasteiger partial charge in [-0.1, -0.05) is 30.3 Å². The van der Waals surface area contributed by atoms with E-state index < -0.39 is 0 Å². The van der Waals surface area contributed by atoms with Crippen molar-refractivity contribution in [3.63, 3.8) is 0 Å². The average molecular weight is 237 g/mol. The third-order valence-corrected chi connectivity index (χ3v) is 3.36. The standard InChI is InChI=1S/C15H15N3/c1-11-8-14-9-16-10-17-15(14)18(11)12(2)13-6-4-3-5-7-13/h3-10,12H,1-2H3. The van der Waals surface area contributed by atoms with Gasteiger partial charge in [0.1, 0.15) is 12.0 Å². The number of aromatic nitrogens is 3. The van der Waals surface area contributed by atoms with Crippen molar-refractivity contribution in [1.82, 2.24) is 14.5 Å². The van der Waals surface area contributed by atoms with Crippen molar-refractivity contribution in [3.05, 3.63) is 60.2 Å². The molecule has 0 N–H and O–H groups in total. The quantitative estimate of drug-likeness (QED) is 0.684. The maximum absolute atomic E-state index is 4.40. The summed E-state index contributed by atoms with van der Waals surface area (Å²) >= 11 is 0. The van der Waals surface area contributed by atoms with Crippen LogP contribution in [0.2, 0.25) is 0 Å². The van der Waals surface area contributed by atoms with Crippen molar-refractivity contribution >= 4 is 11.0 Å². The van der Waals surface area contributed by atoms with E-state index in [4.69, 9.17) is 0 Å². The second-order valence-corrected chi connectivity index (χ2v) is 4.54. The molecule has 0 amide bonds. The summed E-state index contributed by atoms with van der Waals surface area (Å²) < 4.78 is 2.26. The number of fused-ring (bicyclic) bond motifs is 1. The number of nitrogens with zero attached hydrogens (tertiary/aromatic N) is 3. The van der Waals surface area contributed by atoms with E-state index in [0.29, 0.717) is 0 Å². The summed E-state index contributed by atoms with van der Waals surface area (Å²) in [6.07, 6.45) is 3.47. The van der Waals surface area contributed by atoms with E-state index in [0.717, 1.165) is 11.0 Å². The zero-order valence-corrected chi connectivity index (χ0v) is 10.5. The number of hydrogen-bond donors (Lipinski definition) is 0. The normalized spacial score (nSPS) is 12.8. The van der Waals surface area contributed by atoms with E-state index in [1.165, 1.54) is 11.3 Å². The van der Waals surface area contributed by atoms with Gasteiger partial charge in [-0.25, -0.2) is 9.97 Å². The van der Waals surface area contributed by atoms with Crippen LogP contribution in [-0.2, 0) is 0 Å². The lowest BCUT2D eigenvalue weighted by atomic mass is 10.1. The number of rotatable bonds is 2. The fourth-order valence-electron chi connectivity index (χ4n) is 2.47. The third kappa shape index (κ3) is 1.68. The largest absolute Gasteiger partial charge is 0.323 e. The summed E-state index contributed by atoms with van der Waals surface area (Å²) in [6, 6.07) is 12.9. The Hall–Kier alpha value is -2.16. The molecule has 18 heavy (non-hydrogen) atoms. The lowest BCUT2D eigenvalue weighted by molar-refractivity contribution is 0.641. The molecule has 1 unspecified atom stereocenters. The molecule has 90 valence electrons. The summed E-state index contributed by atoms with van der Waals surface area (Å²) in [6.45, 7) is 4.31. The maximum Gasteiger partial charge on any atom is 0.144 e. The monoisotopic (exact) mass is 237 g/mol. The van der Waals surface area contributed by atoms with E-state index >= 15 is 0 Å². The average Bonchev–Trinajstić information content (AvgIpc) is 2.75. The second kappa shape index (κ2) is 4.26. The van der Waals surface area contributed by atoms with Crippen LogP contribution in [0.4, 0.5) is 0 Å². The molecule has 0 radical (unpaired) electrons. The van der Waals surface area contributed by atoms with Gasteiger partial charge in [0.05, 0.1) is 6.04 Å². The molecule has 3 heteroatoms. The van der Waals surface area contributed by atoms with Gasteiger partial charge in [-0.15, -0.1) is 0 Å². The molecule has 0 aliphatic rings. The Morgan fingerprint density at radius 1 is 1.17 bits per heavy atom. The molecular weight excluding hydrogens is 222 g/mol. The van der Waals surface area contributed by atoms with Crippen LogP contribution in [0.5, 0.6) is 0 Å². The van der Waals surface area contributed by atoms with Crippen LogP contribution in [0.3, 0.4) is 0 Å². The van der Waals surface area contributed by atoms with Gasteiger partial charge >= 0.3 is 0 Å². The molecule has 0 fully saturated rings. The minimum absolute atomic E-state index is 0.276. The predicted octanol–water partition coefficient (Wildman–Crippen LogP) is 3.35. The van der Waals surface area contributed by atoms with Gasteiger partial charge in [0, 0.05) is 17.3 Å². The first kappa shape index (κ1) is 11.0. The first-order valence-electron chi connectivity index (χ1n) is 6.10. The second-order valence-electron chi connectivity index (χ2n) is 4.54. The summed E-state index contributed by atoms with van der Waals surface area (Å²) in [5.74, 6) is 0. The van der Waals surface area contributed by atoms with Gasteiger partial charge in [-0.2, -0.15) is 0 Å². The Balaban J connectivity index is 2.17. The smallest absolute Gasteiger partial charge is 0.144 e. The van der Waals surface area contributed by atoms with Crippen LogP contribution in [0.25, 0.3) is 11.0 Å². The van der Waals surface area contributed by atoms with Gasteiger partial charge < -0.3 is 4.57 Å². The highest BCUT2D eigenvalue weighted by atomic mass is 15.1. The first-order chi connectivity index (χ1) is 8.77. The van der Waals surface area contributed by atoms with Crippen molar-refractivity contribution in [2.75, 3.05) is 0 Å². The van der Waals surface area contributed by atoms with Gasteiger partial charge in [0.15, 0.2) is 0 Å². The Morgan fingerprint density at radius 2 is 1.94 bits per heavy atom. The molecule has 2 heterocycles. The zero-order valence-electron chi connectivity index (χ0n) is 10.5. The van der Waals surface area contributed by atoms with E-state index in [-0.39, 0.29) is 6.04 Å². The summed E-state index contributed by atoms with van der Waals surface area (Å²) in [7, 11) is 0. The highest BCUT2D eigenvalue weighted by molar-refractivity contribution is 5.76. The lowest BCUT2D eigenvalue weighted by Gasteiger charge is -2.17. The van der Waals surface area contributed by atoms with Crippen LogP contribution in [0, 0.1) is 6.92 Å². The van der Waals surface area contributed by atoms with Crippen LogP contribution in [0.1, 0.15) is 24.2 Å². The maximum atomic E-state index is 4.40. The van der Waals surface area contributed by atoms with Crippen LogP contribution in [0.15, 0.2) is 48.9 Å². The molecule has 3 aromatic rings. The fraction of sp³-hybridized carbons (Fsp3) is 0.200. The number of aryl methyl sites for hydroxylation is 1. The topological polar surface area (TPSA) is 30.7 Å². The first-order valence-corrected chi connectivity index (χ1v) is 6.10. The van der Waals surface area contributed by atoms with Crippen molar-refractivity contribution in [1.29, 1.82) is 0 Å². The predicted molar refractivity (Wildman–Crippen MR) is 72.5 cm³/mol. The van der Waals surface area contributed by atoms with E-state index in [1.807, 2.05) is 12.3 Å². The Morgan fingerprint density at radius 3 is 2.72 bits per heavy atom. The molecule has 1 atom stereocenters. The minimum atomic E-state index is 0.276. The Bertz CT molecular complexity index is 671. The highest BCUT2D eigenvalue weighted by Gasteiger charge is 2.14. The van der Waals surface area contributed by atoms with Gasteiger partial charge in [-0.3, -0.25) is 0 Å². The third-order valence-electron chi connectivity index (χ3n) is 3.36. The van der Waals surface area contributed by atoms with E-state index in [9.17, 15) is 0 Å². The van der Waals surface area contributed by atoms with Crippen LogP contribution < -0.4 is 0 Å². The molecule has 3 nitrogen and oxygen atoms in total. The molecule has 0 spiro atoms. The molecular formula is C15H15N3. The van der Waals surface area contributed by atoms with Crippen molar-refractivity contribution in [3.8, 4) is 0 Å². The van der Waals surface area contributed by atoms with E-state index in [2.05, 4.69) is 58.7 Å². The lowest BCUT2D eigenvalue weighted by Crippen LogP contribution is -2.08. The van der Waals surface area contributed by atoms with Gasteiger partial charge in [0.2, 0.25) is 0 Å².